The van der Waals surface area contributed by atoms with Crippen LogP contribution in [0.2, 0.25) is 0 Å². The second-order valence-electron chi connectivity index (χ2n) is 11.2. The van der Waals surface area contributed by atoms with Crippen molar-refractivity contribution < 1.29 is 24.9 Å². The molecule has 1 aliphatic heterocycles. The van der Waals surface area contributed by atoms with E-state index in [-0.39, 0.29) is 41.5 Å². The number of thioether (sulfide) groups is 2. The summed E-state index contributed by atoms with van der Waals surface area (Å²) in [6.07, 6.45) is 5.47. The Morgan fingerprint density at radius 2 is 1.69 bits per heavy atom. The van der Waals surface area contributed by atoms with Crippen LogP contribution in [-0.4, -0.2) is 68.2 Å². The average Bonchev–Trinajstić information content (AvgIpc) is 3.06. The van der Waals surface area contributed by atoms with Gasteiger partial charge in [-0.3, -0.25) is 9.59 Å². The molecule has 0 bridgehead atoms. The molecule has 5 rings (SSSR count). The summed E-state index contributed by atoms with van der Waals surface area (Å²) in [4.78, 5) is 25.7. The van der Waals surface area contributed by atoms with Crippen LogP contribution in [0, 0.1) is 34.5 Å². The van der Waals surface area contributed by atoms with Crippen LogP contribution in [0.1, 0.15) is 65.2 Å². The van der Waals surface area contributed by atoms with Gasteiger partial charge in [-0.05, 0) is 68.1 Å². The molecule has 4 saturated carbocycles. The average molecular weight is 485 g/mol. The smallest absolute Gasteiger partial charge is 0.190 e. The molecule has 0 radical (unpaired) electrons. The van der Waals surface area contributed by atoms with Gasteiger partial charge in [0.2, 0.25) is 0 Å². The maximum Gasteiger partial charge on any atom is 0.190 e. The van der Waals surface area contributed by atoms with Gasteiger partial charge in [0.1, 0.15) is 18.0 Å². The van der Waals surface area contributed by atoms with Gasteiger partial charge >= 0.3 is 0 Å². The van der Waals surface area contributed by atoms with E-state index in [4.69, 9.17) is 0 Å². The molecule has 1 saturated heterocycles. The lowest BCUT2D eigenvalue weighted by molar-refractivity contribution is -0.180. The van der Waals surface area contributed by atoms with Crippen LogP contribution in [0.4, 0.5) is 0 Å². The summed E-state index contributed by atoms with van der Waals surface area (Å²) >= 11 is 4.15. The van der Waals surface area contributed by atoms with Gasteiger partial charge in [-0.15, -0.1) is 0 Å². The van der Waals surface area contributed by atoms with Crippen LogP contribution in [0.15, 0.2) is 0 Å². The molecule has 0 aromatic rings. The van der Waals surface area contributed by atoms with Gasteiger partial charge in [-0.25, -0.2) is 0 Å². The van der Waals surface area contributed by atoms with Gasteiger partial charge in [-0.1, -0.05) is 13.8 Å². The summed E-state index contributed by atoms with van der Waals surface area (Å²) in [5.41, 5.74) is -2.40. The van der Waals surface area contributed by atoms with Crippen molar-refractivity contribution in [3.8, 4) is 0 Å². The van der Waals surface area contributed by atoms with Crippen molar-refractivity contribution in [2.75, 3.05) is 29.6 Å². The molecule has 1 heterocycles. The van der Waals surface area contributed by atoms with E-state index in [0.29, 0.717) is 12.3 Å². The molecule has 0 aromatic carbocycles. The molecule has 7 heteroatoms. The highest BCUT2D eigenvalue weighted by molar-refractivity contribution is 8.06. The minimum Gasteiger partial charge on any atom is -0.393 e. The van der Waals surface area contributed by atoms with Crippen molar-refractivity contribution in [1.29, 1.82) is 0 Å². The summed E-state index contributed by atoms with van der Waals surface area (Å²) in [5, 5.41) is 30.6. The molecule has 5 aliphatic rings. The number of carbonyl (C=O) groups excluding carboxylic acids is 2. The first-order chi connectivity index (χ1) is 15.2. The van der Waals surface area contributed by atoms with E-state index in [9.17, 15) is 24.9 Å². The monoisotopic (exact) mass is 484 g/mol. The Hall–Kier alpha value is -0.0800. The van der Waals surface area contributed by atoms with E-state index >= 15 is 0 Å². The normalized spacial score (nSPS) is 48.0. The van der Waals surface area contributed by atoms with Crippen LogP contribution in [0.25, 0.3) is 0 Å². The molecule has 4 aliphatic carbocycles. The summed E-state index contributed by atoms with van der Waals surface area (Å²) in [5.74, 6) is 5.90. The molecule has 3 N–H and O–H groups in total. The topological polar surface area (TPSA) is 94.8 Å². The number of fused-ring (bicyclic) bond motifs is 5. The first-order valence-electron chi connectivity index (χ1n) is 12.4. The number of aliphatic hydroxyl groups is 3. The molecule has 32 heavy (non-hydrogen) atoms. The fourth-order valence-electron chi connectivity index (χ4n) is 8.08. The van der Waals surface area contributed by atoms with E-state index in [1.807, 2.05) is 6.92 Å². The van der Waals surface area contributed by atoms with Crippen molar-refractivity contribution in [2.45, 2.75) is 76.9 Å². The third kappa shape index (κ3) is 4.02. The van der Waals surface area contributed by atoms with E-state index in [1.54, 1.807) is 0 Å². The van der Waals surface area contributed by atoms with Crippen LogP contribution >= 0.6 is 23.5 Å². The predicted octanol–water partition coefficient (Wildman–Crippen LogP) is 3.33. The largest absolute Gasteiger partial charge is 0.393 e. The molecular weight excluding hydrogens is 444 g/mol. The molecule has 5 fully saturated rings. The van der Waals surface area contributed by atoms with Crippen molar-refractivity contribution in [3.63, 3.8) is 0 Å². The number of ketones is 2. The first kappa shape index (κ1) is 25.0. The van der Waals surface area contributed by atoms with Crippen molar-refractivity contribution in [1.82, 2.24) is 0 Å². The molecule has 0 aromatic heterocycles. The maximum atomic E-state index is 13.4. The Bertz CT molecular complexity index is 716. The number of hydrogen-bond donors (Lipinski definition) is 3. The van der Waals surface area contributed by atoms with Crippen LogP contribution in [-0.2, 0) is 9.59 Å². The summed E-state index contributed by atoms with van der Waals surface area (Å²) < 4.78 is 0. The van der Waals surface area contributed by atoms with Gasteiger partial charge in [0.05, 0.1) is 6.10 Å². The van der Waals surface area contributed by atoms with Crippen molar-refractivity contribution in [2.24, 2.45) is 34.5 Å². The lowest BCUT2D eigenvalue weighted by atomic mass is 9.44. The zero-order valence-corrected chi connectivity index (χ0v) is 21.2. The van der Waals surface area contributed by atoms with Crippen molar-refractivity contribution in [3.05, 3.63) is 0 Å². The standard InChI is InChI=1S/C21H32O5.C4H8S2/c1-19-7-5-13(23)9-12(19)3-4-14-15-6-8-21(26,17(25)11-22)20(15,2)10-16(24)18(14)19;1-2-6-4-3-5-1/h12-15,18,22-23,26H,3-11H2,1-2H3;1-4H2/t12-,13-,14+,15+,18-,19+,20+,21+;/m1./s1. The van der Waals surface area contributed by atoms with Gasteiger partial charge in [-0.2, -0.15) is 23.5 Å². The van der Waals surface area contributed by atoms with E-state index in [0.717, 1.165) is 38.5 Å². The van der Waals surface area contributed by atoms with Crippen molar-refractivity contribution >= 4 is 35.1 Å². The third-order valence-electron chi connectivity index (χ3n) is 9.83. The van der Waals surface area contributed by atoms with Gasteiger partial charge in [0.25, 0.3) is 0 Å². The highest BCUT2D eigenvalue weighted by Crippen LogP contribution is 2.67. The predicted molar refractivity (Wildman–Crippen MR) is 130 cm³/mol. The Balaban J connectivity index is 0.000000354. The maximum absolute atomic E-state index is 13.4. The fraction of sp³-hybridized carbons (Fsp3) is 0.920. The molecule has 0 spiro atoms. The number of Topliss-reactive ketones (excluding diaryl/α,β-unsaturated/α-hetero) is 2. The van der Waals surface area contributed by atoms with Gasteiger partial charge in [0, 0.05) is 40.8 Å². The summed E-state index contributed by atoms with van der Waals surface area (Å²) in [7, 11) is 0. The molecule has 8 atom stereocenters. The number of rotatable bonds is 2. The lowest BCUT2D eigenvalue weighted by Crippen LogP contribution is -2.62. The number of hydrogen-bond acceptors (Lipinski definition) is 7. The molecule has 0 amide bonds. The number of aliphatic hydroxyl groups excluding tert-OH is 2. The Kier molecular flexibility index (Phi) is 7.45. The first-order valence-corrected chi connectivity index (χ1v) is 14.7. The van der Waals surface area contributed by atoms with Crippen LogP contribution in [0.3, 0.4) is 0 Å². The van der Waals surface area contributed by atoms with E-state index in [1.165, 1.54) is 23.0 Å². The highest BCUT2D eigenvalue weighted by atomic mass is 32.2. The van der Waals surface area contributed by atoms with E-state index < -0.39 is 23.4 Å². The Morgan fingerprint density at radius 1 is 1.03 bits per heavy atom. The quantitative estimate of drug-likeness (QED) is 0.553. The molecular formula is C25H40O5S2. The van der Waals surface area contributed by atoms with Crippen LogP contribution in [0.5, 0.6) is 0 Å². The zero-order chi connectivity index (χ0) is 23.1. The lowest BCUT2D eigenvalue weighted by Gasteiger charge is -2.60. The third-order valence-corrected chi connectivity index (χ3v) is 12.3. The Labute approximate surface area is 200 Å². The van der Waals surface area contributed by atoms with E-state index in [2.05, 4.69) is 30.4 Å². The minimum atomic E-state index is -1.58. The fourth-order valence-corrected chi connectivity index (χ4v) is 10.4. The van der Waals surface area contributed by atoms with Crippen LogP contribution < -0.4 is 0 Å². The second kappa shape index (κ2) is 9.52. The second-order valence-corrected chi connectivity index (χ2v) is 13.7. The van der Waals surface area contributed by atoms with Gasteiger partial charge < -0.3 is 15.3 Å². The minimum absolute atomic E-state index is 0.0154. The molecule has 182 valence electrons. The Morgan fingerprint density at radius 3 is 2.28 bits per heavy atom. The molecule has 5 nitrogen and oxygen atoms in total. The molecule has 0 unspecified atom stereocenters. The number of carbonyl (C=O) groups is 2. The SMILES string of the molecule is C1CSCCS1.C[C@]12CC[C@@H](O)C[C@H]1CC[C@@H]1[C@@H]2C(=O)C[C@@]2(C)[C@H]1CC[C@]2(O)C(=O)CO. The van der Waals surface area contributed by atoms with Gasteiger partial charge in [0.15, 0.2) is 5.78 Å². The summed E-state index contributed by atoms with van der Waals surface area (Å²) in [6.45, 7) is 3.46. The summed E-state index contributed by atoms with van der Waals surface area (Å²) in [6, 6.07) is 0. The highest BCUT2D eigenvalue weighted by Gasteiger charge is 2.68. The zero-order valence-electron chi connectivity index (χ0n) is 19.6.